The molecule has 7 nitrogen and oxygen atoms in total. The third-order valence-electron chi connectivity index (χ3n) is 4.33. The maximum absolute atomic E-state index is 14.6. The Balaban J connectivity index is 2.23. The number of aromatic nitrogens is 1. The first-order valence-corrected chi connectivity index (χ1v) is 10.8. The van der Waals surface area contributed by atoms with Crippen LogP contribution in [0.4, 0.5) is 14.5 Å². The van der Waals surface area contributed by atoms with Gasteiger partial charge in [0.25, 0.3) is 5.91 Å². The SMILES string of the molecule is C#CCOc1ccc(C(=O)Nc2cc(F)c(F)c(C[C@](C)(COC)SC(N)=NCC)c2)nc1. The fourth-order valence-electron chi connectivity index (χ4n) is 3.03. The Labute approximate surface area is 196 Å². The molecule has 0 radical (unpaired) electrons. The summed E-state index contributed by atoms with van der Waals surface area (Å²) in [6.07, 6.45) is 6.56. The fourth-order valence-corrected chi connectivity index (χ4v) is 4.14. The smallest absolute Gasteiger partial charge is 0.274 e. The van der Waals surface area contributed by atoms with Gasteiger partial charge in [0.1, 0.15) is 18.1 Å². The summed E-state index contributed by atoms with van der Waals surface area (Å²) in [7, 11) is 1.51. The second kappa shape index (κ2) is 12.2. The quantitative estimate of drug-likeness (QED) is 0.309. The predicted molar refractivity (Wildman–Crippen MR) is 127 cm³/mol. The molecule has 1 atom stereocenters. The van der Waals surface area contributed by atoms with Crippen LogP contribution in [-0.4, -0.2) is 47.7 Å². The monoisotopic (exact) mass is 476 g/mol. The van der Waals surface area contributed by atoms with Crippen LogP contribution in [0.1, 0.15) is 29.9 Å². The van der Waals surface area contributed by atoms with Crippen LogP contribution in [0.15, 0.2) is 35.5 Å². The molecular weight excluding hydrogens is 450 g/mol. The third-order valence-corrected chi connectivity index (χ3v) is 5.42. The van der Waals surface area contributed by atoms with E-state index in [-0.39, 0.29) is 36.6 Å². The molecule has 176 valence electrons. The fraction of sp³-hybridized carbons (Fsp3) is 0.348. The summed E-state index contributed by atoms with van der Waals surface area (Å²) in [5.41, 5.74) is 6.14. The number of carbonyl (C=O) groups excluding carboxylic acids is 1. The first-order valence-electron chi connectivity index (χ1n) is 10.0. The van der Waals surface area contributed by atoms with Crippen LogP contribution in [0, 0.1) is 24.0 Å². The van der Waals surface area contributed by atoms with E-state index in [4.69, 9.17) is 21.6 Å². The third kappa shape index (κ3) is 7.73. The maximum Gasteiger partial charge on any atom is 0.274 e. The van der Waals surface area contributed by atoms with E-state index in [9.17, 15) is 13.6 Å². The lowest BCUT2D eigenvalue weighted by atomic mass is 9.99. The standard InChI is InChI=1S/C23H26F2N4O3S/c1-5-9-32-17-7-8-19(28-13-17)21(30)29-16-10-15(20(25)18(24)11-16)12-23(3,14-31-4)33-22(26)27-6-2/h1,7-8,10-11,13H,6,9,12,14H2,2-4H3,(H2,26,27)(H,29,30)/t23-/m1/s1. The van der Waals surface area contributed by atoms with Crippen LogP contribution in [0.25, 0.3) is 0 Å². The Morgan fingerprint density at radius 2 is 2.15 bits per heavy atom. The molecule has 1 heterocycles. The minimum absolute atomic E-state index is 0.0626. The summed E-state index contributed by atoms with van der Waals surface area (Å²) in [5, 5.41) is 2.86. The number of terminal acetylenes is 1. The van der Waals surface area contributed by atoms with Crippen LogP contribution in [-0.2, 0) is 11.2 Å². The Kier molecular flexibility index (Phi) is 9.63. The summed E-state index contributed by atoms with van der Waals surface area (Å²) < 4.78 is 38.7. The second-order valence-electron chi connectivity index (χ2n) is 7.23. The topological polar surface area (TPSA) is 98.8 Å². The number of benzene rings is 1. The van der Waals surface area contributed by atoms with Gasteiger partial charge in [0.2, 0.25) is 0 Å². The lowest BCUT2D eigenvalue weighted by Gasteiger charge is -2.28. The number of hydrogen-bond acceptors (Lipinski definition) is 6. The van der Waals surface area contributed by atoms with Crippen molar-refractivity contribution in [3.05, 3.63) is 53.4 Å². The summed E-state index contributed by atoms with van der Waals surface area (Å²) in [6, 6.07) is 5.26. The van der Waals surface area contributed by atoms with Crippen molar-refractivity contribution < 1.29 is 23.0 Å². The second-order valence-corrected chi connectivity index (χ2v) is 8.84. The predicted octanol–water partition coefficient (Wildman–Crippen LogP) is 3.64. The number of pyridine rings is 1. The van der Waals surface area contributed by atoms with E-state index in [1.54, 1.807) is 0 Å². The minimum atomic E-state index is -1.09. The molecule has 0 unspecified atom stereocenters. The minimum Gasteiger partial charge on any atom is -0.479 e. The van der Waals surface area contributed by atoms with E-state index in [1.165, 1.54) is 43.3 Å². The summed E-state index contributed by atoms with van der Waals surface area (Å²) in [6.45, 7) is 4.44. The average Bonchev–Trinajstić information content (AvgIpc) is 2.76. The van der Waals surface area contributed by atoms with Crippen molar-refractivity contribution in [3.8, 4) is 18.1 Å². The van der Waals surface area contributed by atoms with Gasteiger partial charge in [0.15, 0.2) is 16.8 Å². The van der Waals surface area contributed by atoms with Crippen molar-refractivity contribution in [3.63, 3.8) is 0 Å². The number of nitrogens with one attached hydrogen (secondary N) is 1. The highest BCUT2D eigenvalue weighted by Crippen LogP contribution is 2.32. The molecule has 0 fully saturated rings. The zero-order valence-electron chi connectivity index (χ0n) is 18.7. The van der Waals surface area contributed by atoms with E-state index in [0.717, 1.165) is 6.07 Å². The molecule has 0 aliphatic carbocycles. The van der Waals surface area contributed by atoms with Gasteiger partial charge in [-0.25, -0.2) is 13.8 Å². The number of amidine groups is 1. The molecule has 1 amide bonds. The molecular formula is C23H26F2N4O3S. The van der Waals surface area contributed by atoms with Crippen molar-refractivity contribution in [1.29, 1.82) is 0 Å². The Morgan fingerprint density at radius 3 is 2.76 bits per heavy atom. The van der Waals surface area contributed by atoms with Crippen LogP contribution < -0.4 is 15.8 Å². The Hall–Kier alpha value is -3.16. The van der Waals surface area contributed by atoms with Gasteiger partial charge in [-0.3, -0.25) is 9.79 Å². The van der Waals surface area contributed by atoms with Crippen molar-refractivity contribution >= 4 is 28.5 Å². The van der Waals surface area contributed by atoms with Crippen molar-refractivity contribution in [2.75, 3.05) is 32.2 Å². The number of halogens is 2. The Bertz CT molecular complexity index is 1040. The van der Waals surface area contributed by atoms with Gasteiger partial charge < -0.3 is 20.5 Å². The largest absolute Gasteiger partial charge is 0.479 e. The molecule has 1 aromatic heterocycles. The van der Waals surface area contributed by atoms with Crippen LogP contribution in [0.3, 0.4) is 0 Å². The number of carbonyl (C=O) groups is 1. The average molecular weight is 477 g/mol. The molecule has 1 aromatic carbocycles. The lowest BCUT2D eigenvalue weighted by Crippen LogP contribution is -2.33. The molecule has 33 heavy (non-hydrogen) atoms. The highest BCUT2D eigenvalue weighted by atomic mass is 32.2. The van der Waals surface area contributed by atoms with E-state index in [0.29, 0.717) is 17.5 Å². The van der Waals surface area contributed by atoms with E-state index >= 15 is 0 Å². The number of rotatable bonds is 10. The van der Waals surface area contributed by atoms with E-state index in [1.807, 2.05) is 13.8 Å². The number of nitrogens with zero attached hydrogens (tertiary/aromatic N) is 2. The number of ether oxygens (including phenoxy) is 2. The Morgan fingerprint density at radius 1 is 1.39 bits per heavy atom. The highest BCUT2D eigenvalue weighted by Gasteiger charge is 2.30. The molecule has 2 rings (SSSR count). The number of amides is 1. The van der Waals surface area contributed by atoms with Gasteiger partial charge in [-0.05, 0) is 44.0 Å². The van der Waals surface area contributed by atoms with E-state index < -0.39 is 22.3 Å². The first-order chi connectivity index (χ1) is 15.7. The number of methoxy groups -OCH3 is 1. The van der Waals surface area contributed by atoms with Gasteiger partial charge in [-0.15, -0.1) is 6.42 Å². The van der Waals surface area contributed by atoms with Gasteiger partial charge >= 0.3 is 0 Å². The molecule has 0 aliphatic heterocycles. The zero-order chi connectivity index (χ0) is 24.4. The van der Waals surface area contributed by atoms with Crippen LogP contribution in [0.5, 0.6) is 5.75 Å². The number of thioether (sulfide) groups is 1. The van der Waals surface area contributed by atoms with Crippen LogP contribution >= 0.6 is 11.8 Å². The maximum atomic E-state index is 14.6. The first kappa shape index (κ1) is 26.1. The van der Waals surface area contributed by atoms with Crippen molar-refractivity contribution in [2.24, 2.45) is 10.7 Å². The van der Waals surface area contributed by atoms with Crippen LogP contribution in [0.2, 0.25) is 0 Å². The summed E-state index contributed by atoms with van der Waals surface area (Å²) in [5.74, 6) is 0.0393. The normalized spacial score (nSPS) is 13.2. The van der Waals surface area contributed by atoms with Gasteiger partial charge in [-0.2, -0.15) is 0 Å². The molecule has 3 N–H and O–H groups in total. The molecule has 10 heteroatoms. The highest BCUT2D eigenvalue weighted by molar-refractivity contribution is 8.15. The number of anilines is 1. The van der Waals surface area contributed by atoms with Crippen molar-refractivity contribution in [2.45, 2.75) is 25.0 Å². The molecule has 0 bridgehead atoms. The van der Waals surface area contributed by atoms with E-state index in [2.05, 4.69) is 21.2 Å². The number of hydrogen-bond donors (Lipinski definition) is 2. The van der Waals surface area contributed by atoms with Crippen molar-refractivity contribution in [1.82, 2.24) is 4.98 Å². The number of nitrogens with two attached hydrogens (primary N) is 1. The van der Waals surface area contributed by atoms with Gasteiger partial charge in [0.05, 0.1) is 12.8 Å². The number of aliphatic imine (C=N–C) groups is 1. The zero-order valence-corrected chi connectivity index (χ0v) is 19.5. The lowest BCUT2D eigenvalue weighted by molar-refractivity contribution is 0.102. The molecule has 0 spiro atoms. The molecule has 0 saturated heterocycles. The molecule has 0 saturated carbocycles. The van der Waals surface area contributed by atoms with Gasteiger partial charge in [-0.1, -0.05) is 17.7 Å². The molecule has 2 aromatic rings. The molecule has 0 aliphatic rings. The summed E-state index contributed by atoms with van der Waals surface area (Å²) >= 11 is 1.22. The summed E-state index contributed by atoms with van der Waals surface area (Å²) in [4.78, 5) is 20.7. The van der Waals surface area contributed by atoms with Gasteiger partial charge in [0, 0.05) is 30.2 Å².